The zero-order chi connectivity index (χ0) is 19.2. The van der Waals surface area contributed by atoms with Crippen LogP contribution in [-0.4, -0.2) is 16.4 Å². The van der Waals surface area contributed by atoms with Gasteiger partial charge in [-0.3, -0.25) is 0 Å². The second kappa shape index (κ2) is 9.66. The molecule has 3 heteroatoms. The molecule has 0 saturated heterocycles. The number of hydrogen-bond donors (Lipinski definition) is 2. The first kappa shape index (κ1) is 20.3. The summed E-state index contributed by atoms with van der Waals surface area (Å²) in [6, 6.07) is 17.1. The Morgan fingerprint density at radius 1 is 0.889 bits per heavy atom. The minimum Gasteiger partial charge on any atom is -0.386 e. The number of benzene rings is 2. The maximum Gasteiger partial charge on any atom is 0.0988 e. The van der Waals surface area contributed by atoms with Gasteiger partial charge in [0.1, 0.15) is 0 Å². The van der Waals surface area contributed by atoms with E-state index >= 15 is 0 Å². The zero-order valence-electron chi connectivity index (χ0n) is 16.8. The van der Waals surface area contributed by atoms with Crippen molar-refractivity contribution >= 4 is 17.4 Å². The van der Waals surface area contributed by atoms with Gasteiger partial charge in [0.15, 0.2) is 0 Å². The highest BCUT2D eigenvalue weighted by Crippen LogP contribution is 2.33. The zero-order valence-corrected chi connectivity index (χ0v) is 17.6. The van der Waals surface area contributed by atoms with Gasteiger partial charge >= 0.3 is 0 Å². The first-order valence-corrected chi connectivity index (χ1v) is 11.2. The molecular formula is C24H33NOS. The van der Waals surface area contributed by atoms with Gasteiger partial charge in [-0.15, -0.1) is 11.8 Å². The lowest BCUT2D eigenvalue weighted by molar-refractivity contribution is 0.160. The maximum atomic E-state index is 10.7. The van der Waals surface area contributed by atoms with E-state index in [9.17, 15) is 5.11 Å². The van der Waals surface area contributed by atoms with Crippen molar-refractivity contribution in [1.82, 2.24) is 0 Å². The molecule has 0 aromatic heterocycles. The third-order valence-corrected chi connectivity index (χ3v) is 6.46. The summed E-state index contributed by atoms with van der Waals surface area (Å²) in [6.45, 7) is 6.43. The van der Waals surface area contributed by atoms with Gasteiger partial charge in [0.05, 0.1) is 12.1 Å². The average molecular weight is 384 g/mol. The van der Waals surface area contributed by atoms with Crippen molar-refractivity contribution in [3.63, 3.8) is 0 Å². The standard InChI is InChI=1S/C24H33NOS/c1-17(2)27-23-15-11-21(12-16-23)24(26)18(3)25-22-13-9-20(10-14-22)19-7-5-4-6-8-19/h9-19,24-26H,4-8H2,1-3H3. The quantitative estimate of drug-likeness (QED) is 0.518. The molecule has 0 heterocycles. The van der Waals surface area contributed by atoms with Crippen LogP contribution >= 0.6 is 11.8 Å². The van der Waals surface area contributed by atoms with E-state index in [4.69, 9.17) is 0 Å². The Balaban J connectivity index is 1.58. The van der Waals surface area contributed by atoms with Crippen LogP contribution in [0.3, 0.4) is 0 Å². The smallest absolute Gasteiger partial charge is 0.0988 e. The molecule has 2 N–H and O–H groups in total. The van der Waals surface area contributed by atoms with Crippen molar-refractivity contribution in [2.24, 2.45) is 0 Å². The van der Waals surface area contributed by atoms with Crippen LogP contribution < -0.4 is 5.32 Å². The monoisotopic (exact) mass is 383 g/mol. The third-order valence-electron chi connectivity index (χ3n) is 5.45. The summed E-state index contributed by atoms with van der Waals surface area (Å²) in [5.41, 5.74) is 3.50. The van der Waals surface area contributed by atoms with Gasteiger partial charge in [-0.2, -0.15) is 0 Å². The van der Waals surface area contributed by atoms with Crippen molar-refractivity contribution in [2.75, 3.05) is 5.32 Å². The highest BCUT2D eigenvalue weighted by molar-refractivity contribution is 7.99. The van der Waals surface area contributed by atoms with Crippen LogP contribution in [0.15, 0.2) is 53.4 Å². The van der Waals surface area contributed by atoms with Crippen molar-refractivity contribution < 1.29 is 5.11 Å². The topological polar surface area (TPSA) is 32.3 Å². The molecule has 1 aliphatic rings. The largest absolute Gasteiger partial charge is 0.386 e. The van der Waals surface area contributed by atoms with Crippen LogP contribution in [0, 0.1) is 0 Å². The Morgan fingerprint density at radius 2 is 1.52 bits per heavy atom. The molecule has 0 aliphatic heterocycles. The van der Waals surface area contributed by atoms with Gasteiger partial charge in [0.25, 0.3) is 0 Å². The summed E-state index contributed by atoms with van der Waals surface area (Å²) in [5, 5.41) is 14.7. The second-order valence-electron chi connectivity index (χ2n) is 8.07. The number of aliphatic hydroxyl groups is 1. The summed E-state index contributed by atoms with van der Waals surface area (Å²) in [5.74, 6) is 0.734. The summed E-state index contributed by atoms with van der Waals surface area (Å²) in [7, 11) is 0. The molecule has 2 aromatic rings. The number of aliphatic hydroxyl groups excluding tert-OH is 1. The fraction of sp³-hybridized carbons (Fsp3) is 0.500. The predicted octanol–water partition coefficient (Wildman–Crippen LogP) is 6.77. The van der Waals surface area contributed by atoms with Gasteiger partial charge < -0.3 is 10.4 Å². The van der Waals surface area contributed by atoms with Gasteiger partial charge in [-0.1, -0.05) is 57.4 Å². The van der Waals surface area contributed by atoms with Crippen molar-refractivity contribution in [3.05, 3.63) is 59.7 Å². The molecule has 0 bridgehead atoms. The molecule has 1 aliphatic carbocycles. The number of hydrogen-bond acceptors (Lipinski definition) is 3. The van der Waals surface area contributed by atoms with Gasteiger partial charge in [0.2, 0.25) is 0 Å². The highest BCUT2D eigenvalue weighted by Gasteiger charge is 2.18. The number of nitrogens with one attached hydrogen (secondary N) is 1. The molecule has 27 heavy (non-hydrogen) atoms. The van der Waals surface area contributed by atoms with E-state index in [0.29, 0.717) is 5.25 Å². The van der Waals surface area contributed by atoms with E-state index in [-0.39, 0.29) is 6.04 Å². The Kier molecular flexibility index (Phi) is 7.26. The minimum atomic E-state index is -0.527. The molecule has 0 radical (unpaired) electrons. The van der Waals surface area contributed by atoms with Gasteiger partial charge in [0, 0.05) is 15.8 Å². The summed E-state index contributed by atoms with van der Waals surface area (Å²) in [4.78, 5) is 1.25. The lowest BCUT2D eigenvalue weighted by Gasteiger charge is -2.24. The molecule has 1 saturated carbocycles. The van der Waals surface area contributed by atoms with Crippen molar-refractivity contribution in [1.29, 1.82) is 0 Å². The summed E-state index contributed by atoms with van der Waals surface area (Å²) < 4.78 is 0. The minimum absolute atomic E-state index is 0.0471. The van der Waals surface area contributed by atoms with E-state index in [1.54, 1.807) is 0 Å². The van der Waals surface area contributed by atoms with Gasteiger partial charge in [-0.25, -0.2) is 0 Å². The predicted molar refractivity (Wildman–Crippen MR) is 118 cm³/mol. The summed E-state index contributed by atoms with van der Waals surface area (Å²) in [6.07, 6.45) is 6.24. The molecular weight excluding hydrogens is 350 g/mol. The maximum absolute atomic E-state index is 10.7. The third kappa shape index (κ3) is 5.76. The molecule has 3 rings (SSSR count). The molecule has 2 unspecified atom stereocenters. The SMILES string of the molecule is CC(C)Sc1ccc(C(O)C(C)Nc2ccc(C3CCCCC3)cc2)cc1. The number of thioether (sulfide) groups is 1. The number of rotatable bonds is 7. The van der Waals surface area contributed by atoms with E-state index in [1.807, 2.05) is 30.8 Å². The van der Waals surface area contributed by atoms with Crippen LogP contribution in [0.2, 0.25) is 0 Å². The number of anilines is 1. The van der Waals surface area contributed by atoms with Crippen LogP contribution in [0.4, 0.5) is 5.69 Å². The molecule has 146 valence electrons. The van der Waals surface area contributed by atoms with Crippen LogP contribution in [0.25, 0.3) is 0 Å². The highest BCUT2D eigenvalue weighted by atomic mass is 32.2. The Bertz CT molecular complexity index is 689. The molecule has 2 atom stereocenters. The average Bonchev–Trinajstić information content (AvgIpc) is 2.69. The van der Waals surface area contributed by atoms with E-state index in [0.717, 1.165) is 17.2 Å². The first-order chi connectivity index (χ1) is 13.0. The molecule has 2 aromatic carbocycles. The van der Waals surface area contributed by atoms with E-state index in [1.165, 1.54) is 42.6 Å². The first-order valence-electron chi connectivity index (χ1n) is 10.3. The molecule has 1 fully saturated rings. The van der Waals surface area contributed by atoms with Crippen LogP contribution in [0.1, 0.15) is 76.0 Å². The second-order valence-corrected chi connectivity index (χ2v) is 9.72. The fourth-order valence-electron chi connectivity index (χ4n) is 3.93. The van der Waals surface area contributed by atoms with E-state index < -0.39 is 6.10 Å². The molecule has 2 nitrogen and oxygen atoms in total. The lowest BCUT2D eigenvalue weighted by atomic mass is 9.84. The van der Waals surface area contributed by atoms with Crippen LogP contribution in [-0.2, 0) is 0 Å². The van der Waals surface area contributed by atoms with Crippen molar-refractivity contribution in [3.8, 4) is 0 Å². The van der Waals surface area contributed by atoms with Gasteiger partial charge in [-0.05, 0) is 61.1 Å². The Hall–Kier alpha value is -1.45. The van der Waals surface area contributed by atoms with E-state index in [2.05, 4.69) is 55.6 Å². The van der Waals surface area contributed by atoms with Crippen LogP contribution in [0.5, 0.6) is 0 Å². The summed E-state index contributed by atoms with van der Waals surface area (Å²) >= 11 is 1.85. The normalized spacial score (nSPS) is 17.7. The Labute approximate surface area is 168 Å². The molecule has 0 amide bonds. The van der Waals surface area contributed by atoms with Crippen molar-refractivity contribution in [2.45, 2.75) is 81.1 Å². The fourth-order valence-corrected chi connectivity index (χ4v) is 4.77. The lowest BCUT2D eigenvalue weighted by Crippen LogP contribution is -2.24. The Morgan fingerprint density at radius 3 is 2.11 bits per heavy atom. The molecule has 0 spiro atoms.